The molecule has 0 amide bonds. The molecule has 2 nitrogen and oxygen atoms in total. The molecule has 1 aliphatic rings. The molecule has 0 aliphatic heterocycles. The van der Waals surface area contributed by atoms with Crippen LogP contribution in [-0.4, -0.2) is 9.97 Å². The maximum absolute atomic E-state index is 6.10. The van der Waals surface area contributed by atoms with Crippen molar-refractivity contribution in [2.24, 2.45) is 0 Å². The molecule has 1 atom stereocenters. The van der Waals surface area contributed by atoms with E-state index in [0.717, 1.165) is 28.7 Å². The second-order valence-corrected chi connectivity index (χ2v) is 6.48. The van der Waals surface area contributed by atoms with Crippen molar-refractivity contribution in [2.45, 2.75) is 25.2 Å². The van der Waals surface area contributed by atoms with Gasteiger partial charge in [-0.25, -0.2) is 9.97 Å². The molecule has 3 rings (SSSR count). The van der Waals surface area contributed by atoms with Crippen LogP contribution >= 0.6 is 45.8 Å². The predicted octanol–water partition coefficient (Wildman–Crippen LogP) is 4.66. The molecule has 0 bridgehead atoms. The number of hydrogen-bond donors (Lipinski definition) is 0. The van der Waals surface area contributed by atoms with Crippen molar-refractivity contribution < 1.29 is 0 Å². The summed E-state index contributed by atoms with van der Waals surface area (Å²) in [6.07, 6.45) is 3.07. The summed E-state index contributed by atoms with van der Waals surface area (Å²) in [4.78, 5) is 8.79. The molecular weight excluding hydrogens is 394 g/mol. The molecular formula is C14H11Cl2IN2. The van der Waals surface area contributed by atoms with Crippen molar-refractivity contribution in [3.8, 4) is 0 Å². The van der Waals surface area contributed by atoms with Crippen molar-refractivity contribution in [3.63, 3.8) is 0 Å². The van der Waals surface area contributed by atoms with Crippen LogP contribution in [0.1, 0.15) is 29.3 Å². The molecule has 98 valence electrons. The first-order valence-corrected chi connectivity index (χ1v) is 7.94. The average Bonchev–Trinajstić information content (AvgIpc) is 2.43. The third-order valence-electron chi connectivity index (χ3n) is 3.50. The van der Waals surface area contributed by atoms with Crippen LogP contribution in [0.3, 0.4) is 0 Å². The molecule has 1 unspecified atom stereocenters. The summed E-state index contributed by atoms with van der Waals surface area (Å²) in [7, 11) is 0. The van der Waals surface area contributed by atoms with Gasteiger partial charge >= 0.3 is 0 Å². The molecule has 19 heavy (non-hydrogen) atoms. The second kappa shape index (κ2) is 5.54. The standard InChI is InChI=1S/C14H11Cl2IN2/c15-12-11(17)13(16)19-14(18-12)10-6-5-8-3-1-2-4-9(8)7-10/h1-4,10H,5-7H2. The number of rotatable bonds is 1. The first-order valence-electron chi connectivity index (χ1n) is 6.10. The minimum Gasteiger partial charge on any atom is -0.220 e. The Labute approximate surface area is 135 Å². The van der Waals surface area contributed by atoms with Gasteiger partial charge in [0.2, 0.25) is 0 Å². The highest BCUT2D eigenvalue weighted by atomic mass is 127. The Bertz CT molecular complexity index is 608. The molecule has 0 radical (unpaired) electrons. The van der Waals surface area contributed by atoms with Gasteiger partial charge in [0.25, 0.3) is 0 Å². The van der Waals surface area contributed by atoms with E-state index in [4.69, 9.17) is 23.2 Å². The molecule has 2 aromatic rings. The van der Waals surface area contributed by atoms with E-state index >= 15 is 0 Å². The van der Waals surface area contributed by atoms with Crippen LogP contribution in [0.2, 0.25) is 10.3 Å². The van der Waals surface area contributed by atoms with E-state index < -0.39 is 0 Å². The summed E-state index contributed by atoms with van der Waals surface area (Å²) in [5, 5.41) is 0.906. The van der Waals surface area contributed by atoms with Gasteiger partial charge in [0, 0.05) is 5.92 Å². The van der Waals surface area contributed by atoms with Gasteiger partial charge in [-0.15, -0.1) is 0 Å². The van der Waals surface area contributed by atoms with Gasteiger partial charge in [0.05, 0.1) is 3.57 Å². The number of benzene rings is 1. The Balaban J connectivity index is 1.93. The number of aryl methyl sites for hydroxylation is 1. The van der Waals surface area contributed by atoms with Crippen LogP contribution in [0.4, 0.5) is 0 Å². The summed E-state index contributed by atoms with van der Waals surface area (Å²) in [5.41, 5.74) is 2.81. The van der Waals surface area contributed by atoms with Gasteiger partial charge in [0.15, 0.2) is 0 Å². The molecule has 1 aliphatic carbocycles. The van der Waals surface area contributed by atoms with Crippen molar-refractivity contribution in [1.82, 2.24) is 9.97 Å². The largest absolute Gasteiger partial charge is 0.220 e. The summed E-state index contributed by atoms with van der Waals surface area (Å²) in [6, 6.07) is 8.54. The third-order valence-corrected chi connectivity index (χ3v) is 5.71. The number of fused-ring (bicyclic) bond motifs is 1. The van der Waals surface area contributed by atoms with E-state index in [2.05, 4.69) is 56.8 Å². The molecule has 5 heteroatoms. The Morgan fingerprint density at radius 3 is 2.37 bits per heavy atom. The summed E-state index contributed by atoms with van der Waals surface area (Å²) in [6.45, 7) is 0. The maximum atomic E-state index is 6.10. The minimum absolute atomic E-state index is 0.307. The van der Waals surface area contributed by atoms with Gasteiger partial charge in [0.1, 0.15) is 16.1 Å². The third kappa shape index (κ3) is 2.73. The predicted molar refractivity (Wildman–Crippen MR) is 86.0 cm³/mol. The summed E-state index contributed by atoms with van der Waals surface area (Å²) in [5.74, 6) is 1.08. The Hall–Kier alpha value is -0.390. The lowest BCUT2D eigenvalue weighted by atomic mass is 9.83. The zero-order valence-electron chi connectivity index (χ0n) is 10.0. The van der Waals surface area contributed by atoms with Gasteiger partial charge in [-0.1, -0.05) is 47.5 Å². The lowest BCUT2D eigenvalue weighted by Crippen LogP contribution is -2.15. The van der Waals surface area contributed by atoms with Crippen LogP contribution in [0.5, 0.6) is 0 Å². The van der Waals surface area contributed by atoms with Gasteiger partial charge in [-0.2, -0.15) is 0 Å². The summed E-state index contributed by atoms with van der Waals surface area (Å²) < 4.78 is 0.723. The Kier molecular flexibility index (Phi) is 3.96. The fourth-order valence-electron chi connectivity index (χ4n) is 2.51. The van der Waals surface area contributed by atoms with Gasteiger partial charge in [-0.3, -0.25) is 0 Å². The number of hydrogen-bond acceptors (Lipinski definition) is 2. The fraction of sp³-hybridized carbons (Fsp3) is 0.286. The normalized spacial score (nSPS) is 18.2. The SMILES string of the molecule is Clc1nc(C2CCc3ccccc3C2)nc(Cl)c1I. The monoisotopic (exact) mass is 404 g/mol. The molecule has 0 fully saturated rings. The maximum Gasteiger partial charge on any atom is 0.147 e. The first kappa shape index (κ1) is 13.6. The Morgan fingerprint density at radius 2 is 1.68 bits per heavy atom. The lowest BCUT2D eigenvalue weighted by Gasteiger charge is -2.23. The van der Waals surface area contributed by atoms with Crippen LogP contribution in [-0.2, 0) is 12.8 Å². The van der Waals surface area contributed by atoms with Crippen LogP contribution < -0.4 is 0 Å². The van der Waals surface area contributed by atoms with Crippen molar-refractivity contribution in [1.29, 1.82) is 0 Å². The Morgan fingerprint density at radius 1 is 1.05 bits per heavy atom. The molecule has 1 aromatic heterocycles. The molecule has 1 aromatic carbocycles. The highest BCUT2D eigenvalue weighted by Crippen LogP contribution is 2.33. The van der Waals surface area contributed by atoms with E-state index in [9.17, 15) is 0 Å². The quantitative estimate of drug-likeness (QED) is 0.510. The van der Waals surface area contributed by atoms with Crippen LogP contribution in [0, 0.1) is 3.57 Å². The molecule has 0 spiro atoms. The van der Waals surface area contributed by atoms with Crippen LogP contribution in [0.15, 0.2) is 24.3 Å². The van der Waals surface area contributed by atoms with Gasteiger partial charge < -0.3 is 0 Å². The average molecular weight is 405 g/mol. The second-order valence-electron chi connectivity index (χ2n) is 4.69. The molecule has 0 saturated heterocycles. The summed E-state index contributed by atoms with van der Waals surface area (Å²) >= 11 is 14.3. The van der Waals surface area contributed by atoms with E-state index in [1.165, 1.54) is 11.1 Å². The van der Waals surface area contributed by atoms with E-state index in [1.807, 2.05) is 0 Å². The topological polar surface area (TPSA) is 25.8 Å². The molecule has 0 saturated carbocycles. The van der Waals surface area contributed by atoms with Gasteiger partial charge in [-0.05, 0) is 53.0 Å². The smallest absolute Gasteiger partial charge is 0.147 e. The van der Waals surface area contributed by atoms with Crippen molar-refractivity contribution in [2.75, 3.05) is 0 Å². The number of halogens is 3. The number of aromatic nitrogens is 2. The lowest BCUT2D eigenvalue weighted by molar-refractivity contribution is 0.554. The number of nitrogens with zero attached hydrogens (tertiary/aromatic N) is 2. The van der Waals surface area contributed by atoms with Crippen LogP contribution in [0.25, 0.3) is 0 Å². The zero-order valence-corrected chi connectivity index (χ0v) is 13.7. The molecule has 0 N–H and O–H groups in total. The van der Waals surface area contributed by atoms with E-state index in [0.29, 0.717) is 16.2 Å². The van der Waals surface area contributed by atoms with Crippen molar-refractivity contribution in [3.05, 3.63) is 55.1 Å². The fourth-order valence-corrected chi connectivity index (χ4v) is 3.15. The highest BCUT2D eigenvalue weighted by molar-refractivity contribution is 14.1. The van der Waals surface area contributed by atoms with E-state index in [-0.39, 0.29) is 0 Å². The highest BCUT2D eigenvalue weighted by Gasteiger charge is 2.23. The van der Waals surface area contributed by atoms with E-state index in [1.54, 1.807) is 0 Å². The minimum atomic E-state index is 0.307. The molecule has 1 heterocycles. The first-order chi connectivity index (χ1) is 9.15. The van der Waals surface area contributed by atoms with Crippen molar-refractivity contribution >= 4 is 45.8 Å². The zero-order chi connectivity index (χ0) is 13.4.